The van der Waals surface area contributed by atoms with Crippen LogP contribution in [0.1, 0.15) is 5.56 Å². The summed E-state index contributed by atoms with van der Waals surface area (Å²) in [5.41, 5.74) is 2.27. The van der Waals surface area contributed by atoms with Crippen molar-refractivity contribution >= 4 is 17.6 Å². The third kappa shape index (κ3) is 3.95. The third-order valence-corrected chi connectivity index (χ3v) is 5.22. The van der Waals surface area contributed by atoms with Crippen molar-refractivity contribution in [3.63, 3.8) is 0 Å². The third-order valence-electron chi connectivity index (χ3n) is 5.22. The van der Waals surface area contributed by atoms with Crippen molar-refractivity contribution in [1.82, 2.24) is 15.1 Å². The van der Waals surface area contributed by atoms with Crippen molar-refractivity contribution in [2.24, 2.45) is 0 Å². The molecule has 2 fully saturated rings. The maximum Gasteiger partial charge on any atom is 0.325 e. The highest BCUT2D eigenvalue weighted by Crippen LogP contribution is 2.17. The second-order valence-corrected chi connectivity index (χ2v) is 7.04. The van der Waals surface area contributed by atoms with Gasteiger partial charge in [-0.1, -0.05) is 48.5 Å². The van der Waals surface area contributed by atoms with Crippen molar-refractivity contribution in [3.05, 3.63) is 66.2 Å². The van der Waals surface area contributed by atoms with Gasteiger partial charge in [0, 0.05) is 38.3 Å². The molecule has 27 heavy (non-hydrogen) atoms. The fraction of sp³-hybridized carbons (Fsp3) is 0.333. The summed E-state index contributed by atoms with van der Waals surface area (Å²) in [5, 5.41) is 2.83. The molecule has 1 atom stereocenters. The zero-order valence-corrected chi connectivity index (χ0v) is 15.3. The second kappa shape index (κ2) is 7.80. The first-order valence-corrected chi connectivity index (χ1v) is 9.39. The quantitative estimate of drug-likeness (QED) is 0.824. The van der Waals surface area contributed by atoms with Crippen LogP contribution in [0.4, 0.5) is 10.5 Å². The molecule has 0 spiro atoms. The van der Waals surface area contributed by atoms with Crippen LogP contribution in [0, 0.1) is 0 Å². The van der Waals surface area contributed by atoms with Crippen LogP contribution in [0.2, 0.25) is 0 Å². The van der Waals surface area contributed by atoms with Gasteiger partial charge < -0.3 is 10.2 Å². The van der Waals surface area contributed by atoms with Crippen LogP contribution in [0.25, 0.3) is 0 Å². The summed E-state index contributed by atoms with van der Waals surface area (Å²) in [4.78, 5) is 30.8. The first-order chi connectivity index (χ1) is 13.2. The monoisotopic (exact) mass is 364 g/mol. The summed E-state index contributed by atoms with van der Waals surface area (Å²) in [7, 11) is 0. The minimum atomic E-state index is -0.467. The fourth-order valence-electron chi connectivity index (χ4n) is 3.69. The Kier molecular flexibility index (Phi) is 5.07. The number of anilines is 1. The molecule has 0 aliphatic carbocycles. The van der Waals surface area contributed by atoms with E-state index in [1.54, 1.807) is 0 Å². The Morgan fingerprint density at radius 3 is 2.15 bits per heavy atom. The molecule has 0 radical (unpaired) electrons. The highest BCUT2D eigenvalue weighted by molar-refractivity contribution is 6.04. The van der Waals surface area contributed by atoms with Gasteiger partial charge in [-0.15, -0.1) is 0 Å². The summed E-state index contributed by atoms with van der Waals surface area (Å²) in [6, 6.07) is 19.4. The van der Waals surface area contributed by atoms with Gasteiger partial charge in [-0.05, 0) is 17.7 Å². The van der Waals surface area contributed by atoms with E-state index in [1.807, 2.05) is 48.5 Å². The van der Waals surface area contributed by atoms with Crippen molar-refractivity contribution < 1.29 is 9.59 Å². The number of piperazine rings is 1. The van der Waals surface area contributed by atoms with Crippen LogP contribution in [0.5, 0.6) is 0 Å². The van der Waals surface area contributed by atoms with Crippen molar-refractivity contribution in [3.8, 4) is 0 Å². The molecule has 2 heterocycles. The summed E-state index contributed by atoms with van der Waals surface area (Å²) >= 11 is 0. The second-order valence-electron chi connectivity index (χ2n) is 7.04. The molecule has 4 rings (SSSR count). The summed E-state index contributed by atoms with van der Waals surface area (Å²) < 4.78 is 0. The van der Waals surface area contributed by atoms with Crippen molar-refractivity contribution in [2.75, 3.05) is 37.7 Å². The molecule has 2 aliphatic rings. The van der Waals surface area contributed by atoms with E-state index in [2.05, 4.69) is 27.2 Å². The predicted molar refractivity (Wildman–Crippen MR) is 104 cm³/mol. The van der Waals surface area contributed by atoms with Gasteiger partial charge in [0.25, 0.3) is 5.91 Å². The average Bonchev–Trinajstić information content (AvgIpc) is 2.97. The largest absolute Gasteiger partial charge is 0.369 e. The normalized spacial score (nSPS) is 20.8. The van der Waals surface area contributed by atoms with Crippen LogP contribution < -0.4 is 10.2 Å². The molecule has 2 aromatic carbocycles. The van der Waals surface area contributed by atoms with Crippen LogP contribution >= 0.6 is 0 Å². The number of para-hydroxylation sites is 1. The lowest BCUT2D eigenvalue weighted by atomic mass is 10.1. The lowest BCUT2D eigenvalue weighted by Gasteiger charge is -2.37. The van der Waals surface area contributed by atoms with Gasteiger partial charge in [-0.25, -0.2) is 9.69 Å². The number of nitrogens with one attached hydrogen (secondary N) is 1. The van der Waals surface area contributed by atoms with E-state index in [1.165, 1.54) is 10.6 Å². The Bertz CT molecular complexity index is 788. The maximum absolute atomic E-state index is 12.7. The van der Waals surface area contributed by atoms with Gasteiger partial charge in [0.1, 0.15) is 6.04 Å². The number of rotatable bonds is 5. The Hall–Kier alpha value is -2.86. The zero-order chi connectivity index (χ0) is 18.6. The molecule has 1 N–H and O–H groups in total. The van der Waals surface area contributed by atoms with Crippen LogP contribution in [0.3, 0.4) is 0 Å². The molecule has 0 bridgehead atoms. The number of hydrogen-bond acceptors (Lipinski definition) is 4. The summed E-state index contributed by atoms with van der Waals surface area (Å²) in [5.74, 6) is -0.130. The highest BCUT2D eigenvalue weighted by atomic mass is 16.2. The minimum absolute atomic E-state index is 0.130. The zero-order valence-electron chi connectivity index (χ0n) is 15.3. The van der Waals surface area contributed by atoms with Crippen LogP contribution in [-0.2, 0) is 11.2 Å². The van der Waals surface area contributed by atoms with Gasteiger partial charge in [-0.2, -0.15) is 0 Å². The number of amides is 3. The van der Waals surface area contributed by atoms with E-state index in [0.717, 1.165) is 31.7 Å². The average molecular weight is 364 g/mol. The standard InChI is InChI=1S/C21H24N4O2/c26-20-19(15-17-7-3-1-4-8-17)22-21(27)25(20)16-23-11-13-24(14-12-23)18-9-5-2-6-10-18/h1-10,19H,11-16H2,(H,22,27)/t19-/m0/s1. The Morgan fingerprint density at radius 2 is 1.48 bits per heavy atom. The Morgan fingerprint density at radius 1 is 0.852 bits per heavy atom. The minimum Gasteiger partial charge on any atom is -0.369 e. The van der Waals surface area contributed by atoms with Crippen molar-refractivity contribution in [2.45, 2.75) is 12.5 Å². The molecule has 0 saturated carbocycles. The van der Waals surface area contributed by atoms with E-state index in [0.29, 0.717) is 13.1 Å². The molecule has 2 saturated heterocycles. The van der Waals surface area contributed by atoms with Gasteiger partial charge >= 0.3 is 6.03 Å². The number of carbonyl (C=O) groups excluding carboxylic acids is 2. The Balaban J connectivity index is 1.32. The molecule has 140 valence electrons. The maximum atomic E-state index is 12.7. The first-order valence-electron chi connectivity index (χ1n) is 9.39. The van der Waals surface area contributed by atoms with Crippen LogP contribution in [-0.4, -0.2) is 60.6 Å². The van der Waals surface area contributed by atoms with E-state index in [9.17, 15) is 9.59 Å². The lowest BCUT2D eigenvalue weighted by molar-refractivity contribution is -0.129. The molecular formula is C21H24N4O2. The summed E-state index contributed by atoms with van der Waals surface area (Å²) in [6.07, 6.45) is 0.531. The van der Waals surface area contributed by atoms with Gasteiger partial charge in [0.2, 0.25) is 0 Å². The molecular weight excluding hydrogens is 340 g/mol. The van der Waals surface area contributed by atoms with Gasteiger partial charge in [-0.3, -0.25) is 9.69 Å². The molecule has 0 aromatic heterocycles. The van der Waals surface area contributed by atoms with E-state index in [4.69, 9.17) is 0 Å². The van der Waals surface area contributed by atoms with Crippen LogP contribution in [0.15, 0.2) is 60.7 Å². The molecule has 2 aromatic rings. The number of hydrogen-bond donors (Lipinski definition) is 1. The topological polar surface area (TPSA) is 55.9 Å². The molecule has 3 amide bonds. The predicted octanol–water partition coefficient (Wildman–Crippen LogP) is 1.93. The van der Waals surface area contributed by atoms with Gasteiger partial charge in [0.15, 0.2) is 0 Å². The number of imide groups is 1. The Labute approximate surface area is 159 Å². The number of nitrogens with zero attached hydrogens (tertiary/aromatic N) is 3. The number of carbonyl (C=O) groups is 2. The van der Waals surface area contributed by atoms with E-state index < -0.39 is 6.04 Å². The molecule has 0 unspecified atom stereocenters. The molecule has 6 nitrogen and oxygen atoms in total. The van der Waals surface area contributed by atoms with Gasteiger partial charge in [0.05, 0.1) is 6.67 Å². The van der Waals surface area contributed by atoms with Crippen molar-refractivity contribution in [1.29, 1.82) is 0 Å². The molecule has 2 aliphatic heterocycles. The highest BCUT2D eigenvalue weighted by Gasteiger charge is 2.38. The number of benzene rings is 2. The smallest absolute Gasteiger partial charge is 0.325 e. The number of urea groups is 1. The van der Waals surface area contributed by atoms with E-state index in [-0.39, 0.29) is 11.9 Å². The fourth-order valence-corrected chi connectivity index (χ4v) is 3.69. The molecule has 6 heteroatoms. The summed E-state index contributed by atoms with van der Waals surface area (Å²) in [6.45, 7) is 3.80. The lowest BCUT2D eigenvalue weighted by Crippen LogP contribution is -2.51. The first kappa shape index (κ1) is 17.5. The van der Waals surface area contributed by atoms with E-state index >= 15 is 0 Å². The SMILES string of the molecule is O=C1N[C@@H](Cc2ccccc2)C(=O)N1CN1CCN(c2ccccc2)CC1.